The molecule has 0 saturated heterocycles. The van der Waals surface area contributed by atoms with Gasteiger partial charge < -0.3 is 19.7 Å². The molecule has 8 nitrogen and oxygen atoms in total. The lowest BCUT2D eigenvalue weighted by molar-refractivity contribution is -0.856. The first-order valence-electron chi connectivity index (χ1n) is 9.28. The van der Waals surface area contributed by atoms with Gasteiger partial charge in [0.2, 0.25) is 0 Å². The molecule has 1 heterocycles. The van der Waals surface area contributed by atoms with E-state index in [-0.39, 0.29) is 17.2 Å². The van der Waals surface area contributed by atoms with E-state index < -0.39 is 0 Å². The topological polar surface area (TPSA) is 86.9 Å². The van der Waals surface area contributed by atoms with Gasteiger partial charge in [-0.25, -0.2) is 0 Å². The standard InChI is InChI=1S/C21H24N4O4/c1-24(2)12-11-22-20(26)19-15-7-5-6-8-16(15)21(27)25(23-19)17-10-9-14(28-3)13-18(17)29-4/h5-10,13H,11-12H2,1-4H3,(H,22,26)/p+1. The number of fused-ring (bicyclic) bond motifs is 1. The highest BCUT2D eigenvalue weighted by Crippen LogP contribution is 2.27. The first kappa shape index (κ1) is 20.3. The maximum Gasteiger partial charge on any atom is 0.279 e. The van der Waals surface area contributed by atoms with Gasteiger partial charge in [-0.05, 0) is 18.2 Å². The van der Waals surface area contributed by atoms with Gasteiger partial charge in [-0.1, -0.05) is 18.2 Å². The van der Waals surface area contributed by atoms with Gasteiger partial charge in [-0.3, -0.25) is 9.59 Å². The molecule has 0 saturated carbocycles. The number of quaternary nitrogens is 1. The van der Waals surface area contributed by atoms with Crippen molar-refractivity contribution >= 4 is 16.7 Å². The van der Waals surface area contributed by atoms with Crippen molar-refractivity contribution in [2.24, 2.45) is 0 Å². The minimum absolute atomic E-state index is 0.187. The van der Waals surface area contributed by atoms with Crippen LogP contribution < -0.4 is 25.2 Å². The van der Waals surface area contributed by atoms with Crippen LogP contribution in [0.1, 0.15) is 10.5 Å². The van der Waals surface area contributed by atoms with Gasteiger partial charge in [0.05, 0.1) is 46.8 Å². The summed E-state index contributed by atoms with van der Waals surface area (Å²) < 4.78 is 11.8. The third-order valence-corrected chi connectivity index (χ3v) is 4.55. The number of hydrogen-bond acceptors (Lipinski definition) is 5. The molecule has 3 rings (SSSR count). The number of nitrogens with zero attached hydrogens (tertiary/aromatic N) is 2. The summed E-state index contributed by atoms with van der Waals surface area (Å²) in [5, 5.41) is 8.19. The van der Waals surface area contributed by atoms with Crippen molar-refractivity contribution in [2.75, 3.05) is 41.4 Å². The van der Waals surface area contributed by atoms with E-state index in [1.54, 1.807) is 49.6 Å². The number of ether oxygens (including phenoxy) is 2. The molecule has 0 atom stereocenters. The Labute approximate surface area is 168 Å². The Morgan fingerprint density at radius 2 is 1.83 bits per heavy atom. The molecular formula is C21H25N4O4+. The number of hydrogen-bond donors (Lipinski definition) is 2. The summed E-state index contributed by atoms with van der Waals surface area (Å²) in [5.41, 5.74) is 0.279. The molecule has 0 spiro atoms. The monoisotopic (exact) mass is 397 g/mol. The molecule has 2 aromatic carbocycles. The number of aromatic nitrogens is 2. The van der Waals surface area contributed by atoms with Crippen LogP contribution in [0.25, 0.3) is 16.5 Å². The normalized spacial score (nSPS) is 10.9. The fourth-order valence-corrected chi connectivity index (χ4v) is 2.99. The summed E-state index contributed by atoms with van der Waals surface area (Å²) in [6.45, 7) is 1.28. The molecule has 0 aliphatic heterocycles. The fourth-order valence-electron chi connectivity index (χ4n) is 2.99. The fraction of sp³-hybridized carbons (Fsp3) is 0.286. The first-order chi connectivity index (χ1) is 14.0. The zero-order chi connectivity index (χ0) is 21.0. The third kappa shape index (κ3) is 4.22. The van der Waals surface area contributed by atoms with Crippen molar-refractivity contribution in [3.05, 3.63) is 58.5 Å². The first-order valence-corrected chi connectivity index (χ1v) is 9.28. The summed E-state index contributed by atoms with van der Waals surface area (Å²) in [5.74, 6) is 0.670. The summed E-state index contributed by atoms with van der Waals surface area (Å²) in [4.78, 5) is 27.2. The lowest BCUT2D eigenvalue weighted by Crippen LogP contribution is -3.06. The number of carbonyl (C=O) groups is 1. The van der Waals surface area contributed by atoms with Crippen molar-refractivity contribution in [3.8, 4) is 17.2 Å². The molecule has 0 radical (unpaired) electrons. The number of benzene rings is 2. The number of carbonyl (C=O) groups excluding carboxylic acids is 1. The van der Waals surface area contributed by atoms with Crippen LogP contribution in [-0.2, 0) is 0 Å². The predicted octanol–water partition coefficient (Wildman–Crippen LogP) is 0.277. The Morgan fingerprint density at radius 1 is 1.10 bits per heavy atom. The Hall–Kier alpha value is -3.39. The van der Waals surface area contributed by atoms with Gasteiger partial charge in [0.25, 0.3) is 11.5 Å². The quantitative estimate of drug-likeness (QED) is 0.598. The zero-order valence-corrected chi connectivity index (χ0v) is 17.0. The van der Waals surface area contributed by atoms with Gasteiger partial charge in [0, 0.05) is 11.5 Å². The Morgan fingerprint density at radius 3 is 2.48 bits per heavy atom. The van der Waals surface area contributed by atoms with Gasteiger partial charge in [0.15, 0.2) is 5.69 Å². The molecule has 29 heavy (non-hydrogen) atoms. The van der Waals surface area contributed by atoms with Crippen LogP contribution in [-0.4, -0.2) is 57.1 Å². The highest BCUT2D eigenvalue weighted by molar-refractivity contribution is 6.04. The van der Waals surface area contributed by atoms with E-state index in [0.717, 1.165) is 6.54 Å². The van der Waals surface area contributed by atoms with E-state index in [9.17, 15) is 9.59 Å². The highest BCUT2D eigenvalue weighted by Gasteiger charge is 2.19. The zero-order valence-electron chi connectivity index (χ0n) is 17.0. The van der Waals surface area contributed by atoms with Crippen molar-refractivity contribution in [3.63, 3.8) is 0 Å². The average molecular weight is 397 g/mol. The molecule has 1 aromatic heterocycles. The van der Waals surface area contributed by atoms with Crippen molar-refractivity contribution in [1.82, 2.24) is 15.1 Å². The SMILES string of the molecule is COc1ccc(-n2nc(C(=O)NCC[NH+](C)C)c3ccccc3c2=O)c(OC)c1. The van der Waals surface area contributed by atoms with E-state index in [4.69, 9.17) is 9.47 Å². The number of likely N-dealkylation sites (N-methyl/N-ethyl adjacent to an activating group) is 1. The van der Waals surface area contributed by atoms with Crippen LogP contribution in [0, 0.1) is 0 Å². The Kier molecular flexibility index (Phi) is 6.13. The van der Waals surface area contributed by atoms with Gasteiger partial charge >= 0.3 is 0 Å². The predicted molar refractivity (Wildman–Crippen MR) is 110 cm³/mol. The molecule has 1 amide bonds. The van der Waals surface area contributed by atoms with Crippen LogP contribution in [0.3, 0.4) is 0 Å². The van der Waals surface area contributed by atoms with Crippen LogP contribution in [0.5, 0.6) is 11.5 Å². The minimum atomic E-state index is -0.335. The Bertz CT molecular complexity index is 1090. The summed E-state index contributed by atoms with van der Waals surface area (Å²) >= 11 is 0. The molecular weight excluding hydrogens is 372 g/mol. The minimum Gasteiger partial charge on any atom is -0.497 e. The molecule has 3 aromatic rings. The van der Waals surface area contributed by atoms with E-state index in [2.05, 4.69) is 10.4 Å². The molecule has 8 heteroatoms. The van der Waals surface area contributed by atoms with Crippen LogP contribution >= 0.6 is 0 Å². The number of amides is 1. The van der Waals surface area contributed by atoms with E-state index in [1.165, 1.54) is 16.7 Å². The number of nitrogens with one attached hydrogen (secondary N) is 2. The molecule has 2 N–H and O–H groups in total. The second-order valence-electron chi connectivity index (χ2n) is 6.86. The van der Waals surface area contributed by atoms with Crippen LogP contribution in [0.15, 0.2) is 47.3 Å². The second-order valence-corrected chi connectivity index (χ2v) is 6.86. The average Bonchev–Trinajstić information content (AvgIpc) is 2.73. The van der Waals surface area contributed by atoms with E-state index in [0.29, 0.717) is 34.5 Å². The van der Waals surface area contributed by atoms with E-state index in [1.807, 2.05) is 14.1 Å². The third-order valence-electron chi connectivity index (χ3n) is 4.55. The molecule has 0 unspecified atom stereocenters. The summed E-state index contributed by atoms with van der Waals surface area (Å²) in [7, 11) is 7.07. The van der Waals surface area contributed by atoms with Crippen molar-refractivity contribution in [2.45, 2.75) is 0 Å². The van der Waals surface area contributed by atoms with Gasteiger partial charge in [0.1, 0.15) is 17.2 Å². The summed E-state index contributed by atoms with van der Waals surface area (Å²) in [6, 6.07) is 12.0. The largest absolute Gasteiger partial charge is 0.497 e. The van der Waals surface area contributed by atoms with E-state index >= 15 is 0 Å². The smallest absolute Gasteiger partial charge is 0.279 e. The Balaban J connectivity index is 2.16. The molecule has 0 fully saturated rings. The maximum absolute atomic E-state index is 13.1. The van der Waals surface area contributed by atoms with Crippen molar-refractivity contribution < 1.29 is 19.2 Å². The molecule has 0 bridgehead atoms. The van der Waals surface area contributed by atoms with Gasteiger partial charge in [-0.2, -0.15) is 9.78 Å². The lowest BCUT2D eigenvalue weighted by Gasteiger charge is -2.14. The molecule has 0 aliphatic carbocycles. The maximum atomic E-state index is 13.1. The summed E-state index contributed by atoms with van der Waals surface area (Å²) in [6.07, 6.45) is 0. The van der Waals surface area contributed by atoms with Crippen molar-refractivity contribution in [1.29, 1.82) is 0 Å². The highest BCUT2D eigenvalue weighted by atomic mass is 16.5. The van der Waals surface area contributed by atoms with Crippen LogP contribution in [0.4, 0.5) is 0 Å². The second kappa shape index (κ2) is 8.74. The molecule has 0 aliphatic rings. The number of rotatable bonds is 7. The van der Waals surface area contributed by atoms with Gasteiger partial charge in [-0.15, -0.1) is 0 Å². The number of methoxy groups -OCH3 is 2. The molecule has 152 valence electrons. The van der Waals surface area contributed by atoms with Crippen LogP contribution in [0.2, 0.25) is 0 Å². The lowest BCUT2D eigenvalue weighted by atomic mass is 10.1.